The number of imidazole rings is 1. The number of likely N-dealkylation sites (N-methyl/N-ethyl adjacent to an activating group) is 1. The van der Waals surface area contributed by atoms with E-state index >= 15 is 0 Å². The summed E-state index contributed by atoms with van der Waals surface area (Å²) >= 11 is 2.74. The van der Waals surface area contributed by atoms with Crippen molar-refractivity contribution in [3.05, 3.63) is 11.9 Å². The first-order chi connectivity index (χ1) is 6.80. The van der Waals surface area contributed by atoms with Gasteiger partial charge in [0, 0.05) is 0 Å². The summed E-state index contributed by atoms with van der Waals surface area (Å²) in [5, 5.41) is 9.12. The summed E-state index contributed by atoms with van der Waals surface area (Å²) in [7, 11) is 5.61. The van der Waals surface area contributed by atoms with Crippen LogP contribution in [0.15, 0.2) is 6.20 Å². The number of hydrogen-bond donors (Lipinski definition) is 2. The summed E-state index contributed by atoms with van der Waals surface area (Å²) in [6.07, 6.45) is 2.12. The summed E-state index contributed by atoms with van der Waals surface area (Å²) in [6.45, 7) is 0. The minimum absolute atomic E-state index is 0.386. The molecule has 15 heavy (non-hydrogen) atoms. The van der Waals surface area contributed by atoms with E-state index in [-0.39, 0.29) is 0 Å². The van der Waals surface area contributed by atoms with Gasteiger partial charge in [-0.15, -0.1) is 0 Å². The van der Waals surface area contributed by atoms with Crippen LogP contribution in [0.5, 0.6) is 0 Å². The van der Waals surface area contributed by atoms with Crippen molar-refractivity contribution >= 4 is 26.7 Å². The number of H-pyrrole nitrogens is 1. The van der Waals surface area contributed by atoms with Gasteiger partial charge in [-0.1, -0.05) is 0 Å². The van der Waals surface area contributed by atoms with Gasteiger partial charge < -0.3 is 0 Å². The molecule has 0 spiro atoms. The molecule has 83 valence electrons. The third-order valence-electron chi connectivity index (χ3n) is 2.24. The maximum absolute atomic E-state index is 11.1. The van der Waals surface area contributed by atoms with Gasteiger partial charge in [0.2, 0.25) is 0 Å². The van der Waals surface area contributed by atoms with E-state index in [4.69, 9.17) is 5.11 Å². The number of nitrogens with zero attached hydrogens (tertiary/aromatic N) is 2. The molecule has 6 heteroatoms. The molecular weight excluding hydrogens is 261 g/mol. The van der Waals surface area contributed by atoms with E-state index < -0.39 is 12.0 Å². The second kappa shape index (κ2) is 4.35. The summed E-state index contributed by atoms with van der Waals surface area (Å²) in [5.41, 5.74) is 0.837. The topological polar surface area (TPSA) is 66.0 Å². The first-order valence-electron chi connectivity index (χ1n) is 4.55. The van der Waals surface area contributed by atoms with E-state index in [1.807, 2.05) is 21.1 Å². The van der Waals surface area contributed by atoms with Crippen molar-refractivity contribution in [2.45, 2.75) is 12.5 Å². The molecule has 0 bridgehead atoms. The van der Waals surface area contributed by atoms with E-state index in [1.54, 1.807) is 6.20 Å². The summed E-state index contributed by atoms with van der Waals surface area (Å²) < 4.78 is 1.08. The average molecular weight is 276 g/mol. The zero-order valence-corrected chi connectivity index (χ0v) is 10.7. The molecule has 0 aliphatic rings. The fourth-order valence-corrected chi connectivity index (χ4v) is 1.73. The minimum atomic E-state index is -0.793. The fraction of sp³-hybridized carbons (Fsp3) is 0.556. The van der Waals surface area contributed by atoms with Crippen LogP contribution in [0.25, 0.3) is 0 Å². The number of carbonyl (C=O) groups is 1. The average Bonchev–Trinajstić information content (AvgIpc) is 2.44. The monoisotopic (exact) mass is 277 g/mol. The van der Waals surface area contributed by atoms with Crippen molar-refractivity contribution < 1.29 is 14.4 Å². The van der Waals surface area contributed by atoms with Crippen LogP contribution in [0.1, 0.15) is 5.69 Å². The first kappa shape index (κ1) is 12.2. The Morgan fingerprint density at radius 3 is 2.60 bits per heavy atom. The number of carboxylic acids is 1. The summed E-state index contributed by atoms with van der Waals surface area (Å²) in [6, 6.07) is -0.468. The predicted octanol–water partition coefficient (Wildman–Crippen LogP) is -1.09. The van der Waals surface area contributed by atoms with Crippen molar-refractivity contribution in [1.29, 1.82) is 0 Å². The van der Waals surface area contributed by atoms with Crippen molar-refractivity contribution in [3.63, 3.8) is 0 Å². The Morgan fingerprint density at radius 2 is 2.27 bits per heavy atom. The van der Waals surface area contributed by atoms with Crippen LogP contribution >= 0.6 is 0 Å². The van der Waals surface area contributed by atoms with Gasteiger partial charge in [-0.2, -0.15) is 0 Å². The molecule has 0 aliphatic carbocycles. The number of quaternary nitrogens is 1. The maximum atomic E-state index is 11.1. The Kier molecular flexibility index (Phi) is 3.54. The van der Waals surface area contributed by atoms with Crippen LogP contribution in [0.3, 0.4) is 0 Å². The number of hydrogen-bond acceptors (Lipinski definition) is 2. The first-order valence-corrected chi connectivity index (χ1v) is 5.41. The molecule has 1 rings (SSSR count). The van der Waals surface area contributed by atoms with Gasteiger partial charge in [0.15, 0.2) is 0 Å². The molecule has 1 aromatic heterocycles. The van der Waals surface area contributed by atoms with Crippen molar-refractivity contribution in [1.82, 2.24) is 9.97 Å². The second-order valence-corrected chi connectivity index (χ2v) is 5.20. The van der Waals surface area contributed by atoms with Gasteiger partial charge in [0.1, 0.15) is 0 Å². The SMILES string of the molecule is C[N+](C)(C)C(Cc1cnc([Se])[nH]1)C(=O)O. The van der Waals surface area contributed by atoms with E-state index in [0.717, 1.165) is 5.69 Å². The number of aliphatic carboxylic acids is 1. The fourth-order valence-electron chi connectivity index (χ4n) is 1.34. The normalized spacial score (nSPS) is 13.8. The predicted molar refractivity (Wildman–Crippen MR) is 57.1 cm³/mol. The molecule has 0 fully saturated rings. The zero-order valence-electron chi connectivity index (χ0n) is 9.02. The van der Waals surface area contributed by atoms with Crippen molar-refractivity contribution in [2.24, 2.45) is 0 Å². The number of aromatic amines is 1. The van der Waals surface area contributed by atoms with Gasteiger partial charge in [-0.3, -0.25) is 0 Å². The Bertz CT molecular complexity index is 356. The molecule has 5 nitrogen and oxygen atoms in total. The number of nitrogens with one attached hydrogen (secondary N) is 1. The van der Waals surface area contributed by atoms with Crippen molar-refractivity contribution in [3.8, 4) is 0 Å². The van der Waals surface area contributed by atoms with Crippen LogP contribution < -0.4 is 4.72 Å². The van der Waals surface area contributed by atoms with Gasteiger partial charge in [-0.25, -0.2) is 0 Å². The molecule has 0 aromatic carbocycles. The molecule has 1 radical (unpaired) electrons. The standard InChI is InChI=1S/C9H14N3O2Se/c1-12(2,3)7(8(13)14)4-6-5-10-9(15)11-6/h5,7H,4H2,1-3H3,(H-,10,11,13,14)/p+1. The van der Waals surface area contributed by atoms with Crippen LogP contribution in [-0.2, 0) is 11.2 Å². The molecule has 2 N–H and O–H groups in total. The van der Waals surface area contributed by atoms with Gasteiger partial charge in [-0.05, 0) is 0 Å². The molecule has 1 unspecified atom stereocenters. The summed E-state index contributed by atoms with van der Waals surface area (Å²) in [4.78, 5) is 18.1. The zero-order chi connectivity index (χ0) is 11.6. The number of aromatic nitrogens is 2. The molecule has 0 aliphatic heterocycles. The Hall–Kier alpha value is -0.841. The van der Waals surface area contributed by atoms with E-state index in [0.29, 0.717) is 15.6 Å². The number of carboxylic acid groups (broad SMARTS) is 1. The summed E-state index contributed by atoms with van der Waals surface area (Å²) in [5.74, 6) is -0.793. The Balaban J connectivity index is 2.81. The molecule has 0 saturated carbocycles. The third kappa shape index (κ3) is 3.34. The Labute approximate surface area is 96.9 Å². The molecule has 0 saturated heterocycles. The molecular formula is C9H15N3O2Se+. The van der Waals surface area contributed by atoms with Gasteiger partial charge in [0.25, 0.3) is 0 Å². The van der Waals surface area contributed by atoms with Crippen LogP contribution in [-0.4, -0.2) is 68.7 Å². The van der Waals surface area contributed by atoms with Crippen LogP contribution in [0.2, 0.25) is 0 Å². The van der Waals surface area contributed by atoms with Gasteiger partial charge >= 0.3 is 96.6 Å². The van der Waals surface area contributed by atoms with E-state index in [2.05, 4.69) is 26.0 Å². The van der Waals surface area contributed by atoms with Crippen molar-refractivity contribution in [2.75, 3.05) is 21.1 Å². The third-order valence-corrected chi connectivity index (χ3v) is 2.67. The van der Waals surface area contributed by atoms with Crippen LogP contribution in [0.4, 0.5) is 0 Å². The van der Waals surface area contributed by atoms with Crippen LogP contribution in [0, 0.1) is 0 Å². The number of rotatable bonds is 4. The Morgan fingerprint density at radius 1 is 1.67 bits per heavy atom. The second-order valence-electron chi connectivity index (χ2n) is 4.39. The van der Waals surface area contributed by atoms with E-state index in [1.165, 1.54) is 0 Å². The molecule has 1 atom stereocenters. The molecule has 0 amide bonds. The molecule has 1 aromatic rings. The molecule has 1 heterocycles. The van der Waals surface area contributed by atoms with Gasteiger partial charge in [0.05, 0.1) is 0 Å². The van der Waals surface area contributed by atoms with E-state index in [9.17, 15) is 4.79 Å². The quantitative estimate of drug-likeness (QED) is 0.542.